The van der Waals surface area contributed by atoms with Crippen LogP contribution >= 0.6 is 11.3 Å². The van der Waals surface area contributed by atoms with Crippen LogP contribution in [0.2, 0.25) is 0 Å². The number of aryl methyl sites for hydroxylation is 2. The van der Waals surface area contributed by atoms with Gasteiger partial charge in [0.05, 0.1) is 12.1 Å². The Morgan fingerprint density at radius 3 is 2.68 bits per heavy atom. The summed E-state index contributed by atoms with van der Waals surface area (Å²) in [5, 5.41) is 16.8. The van der Waals surface area contributed by atoms with E-state index in [0.717, 1.165) is 11.3 Å². The van der Waals surface area contributed by atoms with Gasteiger partial charge >= 0.3 is 0 Å². The number of hydrogen-bond donors (Lipinski definition) is 2. The van der Waals surface area contributed by atoms with E-state index in [4.69, 9.17) is 4.42 Å². The zero-order valence-electron chi connectivity index (χ0n) is 11.2. The highest BCUT2D eigenvalue weighted by Crippen LogP contribution is 2.22. The van der Waals surface area contributed by atoms with Gasteiger partial charge in [-0.2, -0.15) is 11.3 Å². The molecule has 0 aromatic carbocycles. The maximum atomic E-state index is 12.0. The molecule has 1 unspecified atom stereocenters. The molecule has 2 N–H and O–H groups in total. The largest absolute Gasteiger partial charge is 0.463 e. The summed E-state index contributed by atoms with van der Waals surface area (Å²) in [6.07, 6.45) is 0. The summed E-state index contributed by atoms with van der Waals surface area (Å²) in [5.41, 5.74) is 0.376. The average molecular weight is 279 g/mol. The first-order valence-corrected chi connectivity index (χ1v) is 6.95. The monoisotopic (exact) mass is 279 g/mol. The van der Waals surface area contributed by atoms with E-state index in [1.54, 1.807) is 24.4 Å². The van der Waals surface area contributed by atoms with Crippen molar-refractivity contribution < 1.29 is 14.3 Å². The summed E-state index contributed by atoms with van der Waals surface area (Å²) in [5.74, 6) is 1.00. The van der Waals surface area contributed by atoms with Crippen molar-refractivity contribution in [2.24, 2.45) is 0 Å². The lowest BCUT2D eigenvalue weighted by Crippen LogP contribution is -2.38. The molecule has 0 aliphatic carbocycles. The molecule has 19 heavy (non-hydrogen) atoms. The lowest BCUT2D eigenvalue weighted by molar-refractivity contribution is 0.0323. The zero-order valence-corrected chi connectivity index (χ0v) is 12.0. The number of aliphatic hydroxyl groups is 1. The van der Waals surface area contributed by atoms with Crippen LogP contribution < -0.4 is 5.32 Å². The number of carbonyl (C=O) groups is 1. The van der Waals surface area contributed by atoms with Crippen LogP contribution in [0, 0.1) is 13.8 Å². The van der Waals surface area contributed by atoms with Crippen LogP contribution in [0.3, 0.4) is 0 Å². The molecule has 1 amide bonds. The molecule has 2 heterocycles. The summed E-state index contributed by atoms with van der Waals surface area (Å²) in [4.78, 5) is 12.0. The van der Waals surface area contributed by atoms with Crippen molar-refractivity contribution in [1.82, 2.24) is 5.32 Å². The van der Waals surface area contributed by atoms with Gasteiger partial charge in [-0.3, -0.25) is 4.79 Å². The second-order valence-corrected chi connectivity index (χ2v) is 5.58. The van der Waals surface area contributed by atoms with Gasteiger partial charge in [-0.1, -0.05) is 0 Å². The predicted octanol–water partition coefficient (Wildman–Crippen LogP) is 2.60. The molecule has 2 rings (SSSR count). The number of nitrogens with one attached hydrogen (secondary N) is 1. The lowest BCUT2D eigenvalue weighted by Gasteiger charge is -2.21. The highest BCUT2D eigenvalue weighted by atomic mass is 32.1. The molecule has 0 fully saturated rings. The first-order valence-electron chi connectivity index (χ1n) is 6.00. The quantitative estimate of drug-likeness (QED) is 0.904. The van der Waals surface area contributed by atoms with Gasteiger partial charge in [0.25, 0.3) is 5.91 Å². The van der Waals surface area contributed by atoms with Crippen LogP contribution in [-0.4, -0.2) is 17.6 Å². The van der Waals surface area contributed by atoms with Crippen molar-refractivity contribution >= 4 is 17.2 Å². The summed E-state index contributed by atoms with van der Waals surface area (Å²) in [6.45, 7) is 5.42. The smallest absolute Gasteiger partial charge is 0.252 e. The van der Waals surface area contributed by atoms with Crippen molar-refractivity contribution in [1.29, 1.82) is 0 Å². The molecule has 0 spiro atoms. The number of carbonyl (C=O) groups excluding carboxylic acids is 1. The van der Waals surface area contributed by atoms with Crippen LogP contribution in [0.4, 0.5) is 0 Å². The third-order valence-corrected chi connectivity index (χ3v) is 3.83. The van der Waals surface area contributed by atoms with Crippen molar-refractivity contribution in [3.8, 4) is 0 Å². The molecule has 4 nitrogen and oxygen atoms in total. The Morgan fingerprint density at radius 2 is 2.16 bits per heavy atom. The third kappa shape index (κ3) is 3.05. The molecule has 0 bridgehead atoms. The fraction of sp³-hybridized carbons (Fsp3) is 0.357. The molecule has 1 atom stereocenters. The van der Waals surface area contributed by atoms with Gasteiger partial charge in [-0.25, -0.2) is 0 Å². The van der Waals surface area contributed by atoms with E-state index in [1.165, 1.54) is 11.3 Å². The molecule has 2 aromatic rings. The number of rotatable bonds is 4. The van der Waals surface area contributed by atoms with E-state index in [9.17, 15) is 9.90 Å². The third-order valence-electron chi connectivity index (χ3n) is 2.96. The fourth-order valence-electron chi connectivity index (χ4n) is 1.75. The van der Waals surface area contributed by atoms with Crippen LogP contribution in [-0.2, 0) is 5.60 Å². The maximum Gasteiger partial charge on any atom is 0.252 e. The first-order chi connectivity index (χ1) is 8.90. The Balaban J connectivity index is 2.02. The molecule has 0 saturated heterocycles. The van der Waals surface area contributed by atoms with E-state index in [0.29, 0.717) is 11.3 Å². The Kier molecular flexibility index (Phi) is 3.78. The van der Waals surface area contributed by atoms with E-state index in [1.807, 2.05) is 19.2 Å². The average Bonchev–Trinajstić information content (AvgIpc) is 2.95. The Bertz CT molecular complexity index is 583. The summed E-state index contributed by atoms with van der Waals surface area (Å²) in [6, 6.07) is 3.51. The molecule has 0 aliphatic rings. The molecule has 102 valence electrons. The van der Waals surface area contributed by atoms with Crippen molar-refractivity contribution in [2.75, 3.05) is 6.54 Å². The summed E-state index contributed by atoms with van der Waals surface area (Å²) >= 11 is 1.49. The van der Waals surface area contributed by atoms with Crippen molar-refractivity contribution in [3.63, 3.8) is 0 Å². The Morgan fingerprint density at radius 1 is 1.42 bits per heavy atom. The molecule has 2 aromatic heterocycles. The Hall–Kier alpha value is -1.59. The highest BCUT2D eigenvalue weighted by molar-refractivity contribution is 7.08. The van der Waals surface area contributed by atoms with Gasteiger partial charge in [0.1, 0.15) is 17.1 Å². The summed E-state index contributed by atoms with van der Waals surface area (Å²) in [7, 11) is 0. The van der Waals surface area contributed by atoms with Crippen LogP contribution in [0.25, 0.3) is 0 Å². The lowest BCUT2D eigenvalue weighted by atomic mass is 10.0. The zero-order chi connectivity index (χ0) is 14.0. The minimum atomic E-state index is -1.21. The van der Waals surface area contributed by atoms with Crippen molar-refractivity contribution in [3.05, 3.63) is 45.5 Å². The van der Waals surface area contributed by atoms with E-state index < -0.39 is 5.60 Å². The topological polar surface area (TPSA) is 62.5 Å². The van der Waals surface area contributed by atoms with Gasteiger partial charge in [-0.15, -0.1) is 0 Å². The van der Waals surface area contributed by atoms with E-state index in [2.05, 4.69) is 5.32 Å². The molecular weight excluding hydrogens is 262 g/mol. The second-order valence-electron chi connectivity index (χ2n) is 4.84. The van der Waals surface area contributed by atoms with Crippen LogP contribution in [0.5, 0.6) is 0 Å². The molecule has 5 heteroatoms. The minimum absolute atomic E-state index is 0.105. The van der Waals surface area contributed by atoms with Gasteiger partial charge < -0.3 is 14.8 Å². The normalized spacial score (nSPS) is 14.1. The fourth-order valence-corrected chi connectivity index (χ4v) is 2.58. The minimum Gasteiger partial charge on any atom is -0.463 e. The maximum absolute atomic E-state index is 12.0. The molecule has 0 aliphatic heterocycles. The number of amides is 1. The second kappa shape index (κ2) is 5.19. The highest BCUT2D eigenvalue weighted by Gasteiger charge is 2.27. The number of furan rings is 1. The van der Waals surface area contributed by atoms with Gasteiger partial charge in [0, 0.05) is 5.38 Å². The van der Waals surface area contributed by atoms with E-state index >= 15 is 0 Å². The first kappa shape index (κ1) is 13.8. The van der Waals surface area contributed by atoms with Crippen LogP contribution in [0.1, 0.15) is 34.4 Å². The van der Waals surface area contributed by atoms with E-state index in [-0.39, 0.29) is 12.5 Å². The number of thiophene rings is 1. The van der Waals surface area contributed by atoms with Crippen molar-refractivity contribution in [2.45, 2.75) is 26.4 Å². The number of hydrogen-bond acceptors (Lipinski definition) is 4. The van der Waals surface area contributed by atoms with Gasteiger partial charge in [0.2, 0.25) is 0 Å². The molecular formula is C14H17NO3S. The van der Waals surface area contributed by atoms with Gasteiger partial charge in [0.15, 0.2) is 0 Å². The predicted molar refractivity (Wildman–Crippen MR) is 74.4 cm³/mol. The Labute approximate surface area is 116 Å². The SMILES string of the molecule is Cc1ccc(C(C)(O)CNC(=O)c2cscc2C)o1. The summed E-state index contributed by atoms with van der Waals surface area (Å²) < 4.78 is 5.40. The van der Waals surface area contributed by atoms with Crippen LogP contribution in [0.15, 0.2) is 27.3 Å². The molecule has 0 radical (unpaired) electrons. The molecule has 0 saturated carbocycles. The standard InChI is InChI=1S/C14H17NO3S/c1-9-6-19-7-11(9)13(16)15-8-14(3,17)12-5-4-10(2)18-12/h4-7,17H,8H2,1-3H3,(H,15,16). The van der Waals surface area contributed by atoms with Gasteiger partial charge in [-0.05, 0) is 43.8 Å².